The van der Waals surface area contributed by atoms with E-state index in [2.05, 4.69) is 483 Å². The molecule has 0 radical (unpaired) electrons. The first-order valence-electron chi connectivity index (χ1n) is 40.7. The maximum absolute atomic E-state index is 2.45. The Morgan fingerprint density at radius 1 is 0.110 bits per heavy atom. The van der Waals surface area contributed by atoms with Gasteiger partial charge in [-0.1, -0.05) is 406 Å². The van der Waals surface area contributed by atoms with E-state index >= 15 is 0 Å². The van der Waals surface area contributed by atoms with Crippen molar-refractivity contribution in [1.82, 2.24) is 0 Å². The molecule has 0 saturated heterocycles. The SMILES string of the molecule is c1ccc(-c2ccc(-c3ccc(N(c4cccc(-c5c(-c6ccccc6)c6ccccc6c6ccccc56)c4)c4cc5ccccc5c5ccccc45)cc3)cc2)cc1.c1ccc(-c2cccc(-c3ccc(N(c4cccc(-c5c(-c6ccccc6)c6ccccc6c6ccccc56)c4)c4cc5ccccc5c5ccccc45)cc3)c2)cc1. The third kappa shape index (κ3) is 13.0. The van der Waals surface area contributed by atoms with Crippen LogP contribution < -0.4 is 9.80 Å². The summed E-state index contributed by atoms with van der Waals surface area (Å²) >= 11 is 0. The van der Waals surface area contributed by atoms with Crippen LogP contribution in [-0.4, -0.2) is 0 Å². The van der Waals surface area contributed by atoms with E-state index in [0.29, 0.717) is 0 Å². The molecule has 2 nitrogen and oxygen atoms in total. The summed E-state index contributed by atoms with van der Waals surface area (Å²) in [6, 6.07) is 173. The summed E-state index contributed by atoms with van der Waals surface area (Å²) in [6.07, 6.45) is 0. The molecule has 0 saturated carbocycles. The molecule has 0 aliphatic rings. The van der Waals surface area contributed by atoms with Crippen molar-refractivity contribution in [3.8, 4) is 89.0 Å². The summed E-state index contributed by atoms with van der Waals surface area (Å²) in [5.74, 6) is 0. The van der Waals surface area contributed by atoms with Gasteiger partial charge in [0.25, 0.3) is 0 Å². The normalized spacial score (nSPS) is 11.4. The van der Waals surface area contributed by atoms with E-state index in [1.807, 2.05) is 0 Å². The number of anilines is 6. The standard InChI is InChI=1S/2C58H39N/c1-3-17-40(18-4-1)43-22-15-23-44(37-43)41-33-35-47(36-34-41)59(56-39-45-21-7-8-26-49(45)50-27-9-12-30-53(50)56)48-25-16-24-46(38-48)58-55-32-14-11-29-52(55)51-28-10-13-31-54(51)57(58)42-19-5-2-6-20-42;1-3-16-40(17-4-1)41-30-32-42(33-31-41)43-34-36-47(37-35-43)59(56-39-45-20-7-8-23-49(45)50-24-9-12-27-53(50)56)48-22-15-21-46(38-48)58-55-29-14-11-26-52(55)51-25-10-13-28-54(51)57(58)44-18-5-2-6-19-44/h2*1-39H. The zero-order valence-corrected chi connectivity index (χ0v) is 64.9. The Kier molecular flexibility index (Phi) is 18.4. The van der Waals surface area contributed by atoms with E-state index in [0.717, 1.165) is 34.1 Å². The summed E-state index contributed by atoms with van der Waals surface area (Å²) in [5, 5.41) is 19.9. The van der Waals surface area contributed by atoms with E-state index < -0.39 is 0 Å². The summed E-state index contributed by atoms with van der Waals surface area (Å²) in [5.41, 5.74) is 26.0. The fourth-order valence-corrected chi connectivity index (χ4v) is 18.2. The van der Waals surface area contributed by atoms with Crippen LogP contribution in [-0.2, 0) is 0 Å². The van der Waals surface area contributed by atoms with Crippen LogP contribution >= 0.6 is 0 Å². The molecule has 0 amide bonds. The van der Waals surface area contributed by atoms with Crippen molar-refractivity contribution in [2.75, 3.05) is 9.80 Å². The fourth-order valence-electron chi connectivity index (χ4n) is 18.2. The molecule has 0 aromatic heterocycles. The van der Waals surface area contributed by atoms with Gasteiger partial charge in [-0.15, -0.1) is 0 Å². The third-order valence-electron chi connectivity index (χ3n) is 23.6. The van der Waals surface area contributed by atoms with Crippen molar-refractivity contribution in [2.24, 2.45) is 0 Å². The maximum atomic E-state index is 2.45. The van der Waals surface area contributed by atoms with E-state index in [9.17, 15) is 0 Å². The predicted octanol–water partition coefficient (Wildman–Crippen LogP) is 32.9. The minimum Gasteiger partial charge on any atom is -0.310 e. The molecule has 0 unspecified atom stereocenters. The number of rotatable bonds is 14. The Morgan fingerprint density at radius 3 is 0.678 bits per heavy atom. The Morgan fingerprint density at radius 2 is 0.331 bits per heavy atom. The highest BCUT2D eigenvalue weighted by Gasteiger charge is 2.25. The van der Waals surface area contributed by atoms with Gasteiger partial charge in [-0.25, -0.2) is 0 Å². The average Bonchev–Trinajstić information content (AvgIpc) is 0.738. The molecule has 22 aromatic carbocycles. The molecular weight excluding hydrogens is 1420 g/mol. The molecule has 0 aliphatic heterocycles. The van der Waals surface area contributed by atoms with Gasteiger partial charge in [0, 0.05) is 33.5 Å². The van der Waals surface area contributed by atoms with Crippen LogP contribution in [0.25, 0.3) is 175 Å². The van der Waals surface area contributed by atoms with Gasteiger partial charge < -0.3 is 9.80 Å². The highest BCUT2D eigenvalue weighted by atomic mass is 15.1. The van der Waals surface area contributed by atoms with Crippen LogP contribution in [0, 0.1) is 0 Å². The van der Waals surface area contributed by atoms with Gasteiger partial charge in [-0.3, -0.25) is 0 Å². The van der Waals surface area contributed by atoms with Crippen molar-refractivity contribution in [3.63, 3.8) is 0 Å². The lowest BCUT2D eigenvalue weighted by molar-refractivity contribution is 1.30. The van der Waals surface area contributed by atoms with Crippen LogP contribution in [0.2, 0.25) is 0 Å². The zero-order valence-electron chi connectivity index (χ0n) is 64.9. The Balaban J connectivity index is 0.000000147. The van der Waals surface area contributed by atoms with Crippen molar-refractivity contribution in [2.45, 2.75) is 0 Å². The van der Waals surface area contributed by atoms with Crippen LogP contribution in [0.5, 0.6) is 0 Å². The lowest BCUT2D eigenvalue weighted by Crippen LogP contribution is -2.11. The average molecular weight is 1500 g/mol. The molecule has 22 aromatic rings. The second-order valence-corrected chi connectivity index (χ2v) is 30.5. The van der Waals surface area contributed by atoms with Crippen molar-refractivity contribution in [1.29, 1.82) is 0 Å². The zero-order chi connectivity index (χ0) is 78.2. The monoisotopic (exact) mass is 1500 g/mol. The number of benzene rings is 22. The number of nitrogens with zero attached hydrogens (tertiary/aromatic N) is 2. The Labute approximate surface area is 687 Å². The molecule has 0 N–H and O–H groups in total. The number of hydrogen-bond acceptors (Lipinski definition) is 2. The van der Waals surface area contributed by atoms with Gasteiger partial charge in [0.2, 0.25) is 0 Å². The van der Waals surface area contributed by atoms with Gasteiger partial charge in [0.1, 0.15) is 0 Å². The molecule has 552 valence electrons. The lowest BCUT2D eigenvalue weighted by atomic mass is 9.85. The molecule has 0 spiro atoms. The Bertz CT molecular complexity index is 7510. The van der Waals surface area contributed by atoms with E-state index in [4.69, 9.17) is 0 Å². The first kappa shape index (κ1) is 70.4. The molecule has 2 heteroatoms. The summed E-state index contributed by atoms with van der Waals surface area (Å²) in [6.45, 7) is 0. The highest BCUT2D eigenvalue weighted by Crippen LogP contribution is 2.51. The second kappa shape index (κ2) is 30.8. The van der Waals surface area contributed by atoms with Crippen molar-refractivity contribution in [3.05, 3.63) is 473 Å². The number of fused-ring (bicyclic) bond motifs is 12. The first-order chi connectivity index (χ1) is 58.6. The van der Waals surface area contributed by atoms with Gasteiger partial charge in [-0.05, 0) is 231 Å². The third-order valence-corrected chi connectivity index (χ3v) is 23.6. The van der Waals surface area contributed by atoms with Gasteiger partial charge in [0.05, 0.1) is 11.4 Å². The molecule has 0 bridgehead atoms. The van der Waals surface area contributed by atoms with Gasteiger partial charge in [-0.2, -0.15) is 0 Å². The summed E-state index contributed by atoms with van der Waals surface area (Å²) < 4.78 is 0. The smallest absolute Gasteiger partial charge is 0.0546 e. The van der Waals surface area contributed by atoms with E-state index in [-0.39, 0.29) is 0 Å². The Hall–Kier alpha value is -15.5. The quantitative estimate of drug-likeness (QED) is 0.100. The summed E-state index contributed by atoms with van der Waals surface area (Å²) in [4.78, 5) is 4.90. The lowest BCUT2D eigenvalue weighted by Gasteiger charge is -2.28. The van der Waals surface area contributed by atoms with E-state index in [1.54, 1.807) is 0 Å². The summed E-state index contributed by atoms with van der Waals surface area (Å²) in [7, 11) is 0. The van der Waals surface area contributed by atoms with Crippen molar-refractivity contribution < 1.29 is 0 Å². The molecule has 0 atom stereocenters. The highest BCUT2D eigenvalue weighted by molar-refractivity contribution is 6.24. The molecule has 0 heterocycles. The van der Waals surface area contributed by atoms with E-state index in [1.165, 1.54) is 175 Å². The maximum Gasteiger partial charge on any atom is 0.0546 e. The first-order valence-corrected chi connectivity index (χ1v) is 40.7. The van der Waals surface area contributed by atoms with Gasteiger partial charge >= 0.3 is 0 Å². The minimum absolute atomic E-state index is 1.09. The predicted molar refractivity (Wildman–Crippen MR) is 506 cm³/mol. The van der Waals surface area contributed by atoms with Crippen LogP contribution in [0.4, 0.5) is 34.1 Å². The largest absolute Gasteiger partial charge is 0.310 e. The molecule has 0 fully saturated rings. The minimum atomic E-state index is 1.09. The van der Waals surface area contributed by atoms with Crippen molar-refractivity contribution >= 4 is 120 Å². The fraction of sp³-hybridized carbons (Fsp3) is 0. The topological polar surface area (TPSA) is 6.48 Å². The molecule has 22 rings (SSSR count). The van der Waals surface area contributed by atoms with Crippen LogP contribution in [0.15, 0.2) is 473 Å². The van der Waals surface area contributed by atoms with Crippen LogP contribution in [0.1, 0.15) is 0 Å². The van der Waals surface area contributed by atoms with Gasteiger partial charge in [0.15, 0.2) is 0 Å². The molecule has 0 aliphatic carbocycles. The number of hydrogen-bond donors (Lipinski definition) is 0. The van der Waals surface area contributed by atoms with Crippen LogP contribution in [0.3, 0.4) is 0 Å². The molecule has 118 heavy (non-hydrogen) atoms. The molecular formula is C116H78N2. The second-order valence-electron chi connectivity index (χ2n) is 30.5.